The summed E-state index contributed by atoms with van der Waals surface area (Å²) in [6, 6.07) is 2.93. The SMILES string of the molecule is CC1CC(F)(F)CN(C(=O)c2nn(C)cc2-c2ncccn2)[C@@H]1CNc1ccc(C(F)(F)F)cn1. The predicted molar refractivity (Wildman–Crippen MR) is 116 cm³/mol. The fourth-order valence-corrected chi connectivity index (χ4v) is 4.14. The Kier molecular flexibility index (Phi) is 6.43. The zero-order chi connectivity index (χ0) is 25.4. The molecule has 1 amide bonds. The van der Waals surface area contributed by atoms with Gasteiger partial charge in [-0.25, -0.2) is 23.7 Å². The Morgan fingerprint density at radius 2 is 1.91 bits per heavy atom. The number of hydrogen-bond acceptors (Lipinski definition) is 6. The smallest absolute Gasteiger partial charge is 0.368 e. The highest BCUT2D eigenvalue weighted by Crippen LogP contribution is 2.36. The van der Waals surface area contributed by atoms with Gasteiger partial charge in [0, 0.05) is 44.8 Å². The molecule has 35 heavy (non-hydrogen) atoms. The van der Waals surface area contributed by atoms with Crippen LogP contribution in [0.1, 0.15) is 29.4 Å². The van der Waals surface area contributed by atoms with Crippen molar-refractivity contribution in [2.24, 2.45) is 13.0 Å². The van der Waals surface area contributed by atoms with Gasteiger partial charge >= 0.3 is 6.18 Å². The molecule has 1 aliphatic heterocycles. The van der Waals surface area contributed by atoms with E-state index in [0.29, 0.717) is 11.8 Å². The molecule has 0 bridgehead atoms. The molecule has 1 saturated heterocycles. The van der Waals surface area contributed by atoms with Crippen molar-refractivity contribution in [3.63, 3.8) is 0 Å². The van der Waals surface area contributed by atoms with Gasteiger partial charge in [0.05, 0.1) is 23.7 Å². The zero-order valence-electron chi connectivity index (χ0n) is 18.8. The van der Waals surface area contributed by atoms with Gasteiger partial charge in [0.1, 0.15) is 5.82 Å². The van der Waals surface area contributed by atoms with Crippen molar-refractivity contribution in [3.05, 3.63) is 54.2 Å². The number of likely N-dealkylation sites (tertiary alicyclic amines) is 1. The topological polar surface area (TPSA) is 88.8 Å². The molecule has 3 aromatic heterocycles. The standard InChI is InChI=1S/C22H22F5N7O/c1-13-8-21(23,24)12-34(16(13)10-31-17-5-4-14(9-30-17)22(25,26)27)20(35)18-15(11-33(2)32-18)19-28-6-3-7-29-19/h3-7,9,11,13,16H,8,10,12H2,1-2H3,(H,30,31)/t13?,16-/m1/s1. The second-order valence-corrected chi connectivity index (χ2v) is 8.49. The maximum Gasteiger partial charge on any atom is 0.417 e. The van der Waals surface area contributed by atoms with Crippen LogP contribution in [-0.4, -0.2) is 60.6 Å². The lowest BCUT2D eigenvalue weighted by atomic mass is 9.88. The number of carbonyl (C=O) groups excluding carboxylic acids is 1. The highest BCUT2D eigenvalue weighted by molar-refractivity contribution is 5.98. The molecule has 2 atom stereocenters. The van der Waals surface area contributed by atoms with E-state index in [2.05, 4.69) is 25.4 Å². The van der Waals surface area contributed by atoms with Crippen LogP contribution in [0.5, 0.6) is 0 Å². The summed E-state index contributed by atoms with van der Waals surface area (Å²) in [5, 5.41) is 7.05. The first kappa shape index (κ1) is 24.5. The van der Waals surface area contributed by atoms with Crippen LogP contribution in [0.2, 0.25) is 0 Å². The number of hydrogen-bond donors (Lipinski definition) is 1. The Morgan fingerprint density at radius 3 is 2.54 bits per heavy atom. The van der Waals surface area contributed by atoms with Gasteiger partial charge in [0.2, 0.25) is 0 Å². The minimum Gasteiger partial charge on any atom is -0.368 e. The van der Waals surface area contributed by atoms with Gasteiger partial charge in [-0.2, -0.15) is 18.3 Å². The average Bonchev–Trinajstić information content (AvgIpc) is 3.19. The van der Waals surface area contributed by atoms with Gasteiger partial charge in [0.15, 0.2) is 11.5 Å². The van der Waals surface area contributed by atoms with Gasteiger partial charge < -0.3 is 10.2 Å². The lowest BCUT2D eigenvalue weighted by Crippen LogP contribution is -2.57. The van der Waals surface area contributed by atoms with Gasteiger partial charge in [0.25, 0.3) is 11.8 Å². The van der Waals surface area contributed by atoms with Gasteiger partial charge in [-0.3, -0.25) is 9.48 Å². The van der Waals surface area contributed by atoms with E-state index in [0.717, 1.165) is 17.0 Å². The predicted octanol–water partition coefficient (Wildman–Crippen LogP) is 3.89. The Hall–Kier alpha value is -3.64. The van der Waals surface area contributed by atoms with E-state index in [1.54, 1.807) is 20.0 Å². The molecule has 1 aliphatic rings. The van der Waals surface area contributed by atoms with Crippen molar-refractivity contribution in [1.82, 2.24) is 29.6 Å². The molecule has 4 heterocycles. The van der Waals surface area contributed by atoms with Crippen LogP contribution in [0, 0.1) is 5.92 Å². The first-order valence-electron chi connectivity index (χ1n) is 10.7. The molecule has 1 unspecified atom stereocenters. The molecule has 13 heteroatoms. The monoisotopic (exact) mass is 495 g/mol. The van der Waals surface area contributed by atoms with Gasteiger partial charge in [-0.15, -0.1) is 0 Å². The van der Waals surface area contributed by atoms with Crippen LogP contribution in [0.25, 0.3) is 11.4 Å². The Morgan fingerprint density at radius 1 is 1.20 bits per heavy atom. The number of alkyl halides is 5. The number of halogens is 5. The molecule has 0 spiro atoms. The third-order valence-corrected chi connectivity index (χ3v) is 5.76. The normalized spacial score (nSPS) is 20.0. The molecule has 4 rings (SSSR count). The number of carbonyl (C=O) groups is 1. The second kappa shape index (κ2) is 9.19. The van der Waals surface area contributed by atoms with Crippen LogP contribution in [0.4, 0.5) is 27.8 Å². The van der Waals surface area contributed by atoms with Crippen molar-refractivity contribution in [2.75, 3.05) is 18.4 Å². The van der Waals surface area contributed by atoms with E-state index in [1.807, 2.05) is 0 Å². The summed E-state index contributed by atoms with van der Waals surface area (Å²) >= 11 is 0. The molecule has 0 saturated carbocycles. The van der Waals surface area contributed by atoms with E-state index in [4.69, 9.17) is 0 Å². The Balaban J connectivity index is 1.60. The molecule has 8 nitrogen and oxygen atoms in total. The summed E-state index contributed by atoms with van der Waals surface area (Å²) in [7, 11) is 1.59. The third-order valence-electron chi connectivity index (χ3n) is 5.76. The Labute approximate surface area is 197 Å². The summed E-state index contributed by atoms with van der Waals surface area (Å²) < 4.78 is 68.8. The maximum atomic E-state index is 14.5. The number of nitrogens with one attached hydrogen (secondary N) is 1. The lowest BCUT2D eigenvalue weighted by molar-refractivity contribution is -0.137. The second-order valence-electron chi connectivity index (χ2n) is 8.49. The third kappa shape index (κ3) is 5.38. The van der Waals surface area contributed by atoms with Crippen LogP contribution in [0.3, 0.4) is 0 Å². The molecule has 3 aromatic rings. The zero-order valence-corrected chi connectivity index (χ0v) is 18.8. The summed E-state index contributed by atoms with van der Waals surface area (Å²) in [4.78, 5) is 26.6. The average molecular weight is 495 g/mol. The minimum atomic E-state index is -4.53. The highest BCUT2D eigenvalue weighted by Gasteiger charge is 2.47. The van der Waals surface area contributed by atoms with Crippen LogP contribution < -0.4 is 5.32 Å². The number of anilines is 1. The number of nitrogens with zero attached hydrogens (tertiary/aromatic N) is 6. The first-order valence-corrected chi connectivity index (χ1v) is 10.7. The first-order chi connectivity index (χ1) is 16.4. The summed E-state index contributed by atoms with van der Waals surface area (Å²) in [6.07, 6.45) is 0.230. The maximum absolute atomic E-state index is 14.5. The fraction of sp³-hybridized carbons (Fsp3) is 0.409. The van der Waals surface area contributed by atoms with Crippen LogP contribution in [-0.2, 0) is 13.2 Å². The van der Waals surface area contributed by atoms with E-state index >= 15 is 0 Å². The quantitative estimate of drug-likeness (QED) is 0.541. The number of rotatable bonds is 5. The molecule has 1 N–H and O–H groups in total. The Bertz CT molecular complexity index is 1180. The van der Waals surface area contributed by atoms with E-state index < -0.39 is 48.5 Å². The van der Waals surface area contributed by atoms with Crippen LogP contribution in [0.15, 0.2) is 43.0 Å². The fourth-order valence-electron chi connectivity index (χ4n) is 4.14. The largest absolute Gasteiger partial charge is 0.417 e. The van der Waals surface area contributed by atoms with Crippen molar-refractivity contribution < 1.29 is 26.7 Å². The molecule has 0 aliphatic carbocycles. The summed E-state index contributed by atoms with van der Waals surface area (Å²) in [5.74, 6) is -4.09. The van der Waals surface area contributed by atoms with E-state index in [9.17, 15) is 26.7 Å². The molecule has 0 radical (unpaired) electrons. The van der Waals surface area contributed by atoms with E-state index in [1.165, 1.54) is 23.3 Å². The molecule has 186 valence electrons. The number of aromatic nitrogens is 5. The van der Waals surface area contributed by atoms with Crippen molar-refractivity contribution in [3.8, 4) is 11.4 Å². The van der Waals surface area contributed by atoms with Crippen molar-refractivity contribution >= 4 is 11.7 Å². The van der Waals surface area contributed by atoms with Crippen molar-refractivity contribution in [2.45, 2.75) is 31.5 Å². The van der Waals surface area contributed by atoms with Crippen LogP contribution >= 0.6 is 0 Å². The van der Waals surface area contributed by atoms with Crippen molar-refractivity contribution in [1.29, 1.82) is 0 Å². The van der Waals surface area contributed by atoms with Gasteiger partial charge in [-0.05, 0) is 24.1 Å². The molecule has 0 aromatic carbocycles. The number of aryl methyl sites for hydroxylation is 1. The molecule has 1 fully saturated rings. The van der Waals surface area contributed by atoms with E-state index in [-0.39, 0.29) is 23.9 Å². The summed E-state index contributed by atoms with van der Waals surface area (Å²) in [5.41, 5.74) is -0.673. The minimum absolute atomic E-state index is 0.00531. The van der Waals surface area contributed by atoms with Gasteiger partial charge in [-0.1, -0.05) is 6.92 Å². The number of amides is 1. The number of pyridine rings is 1. The number of piperidine rings is 1. The highest BCUT2D eigenvalue weighted by atomic mass is 19.4. The molecular weight excluding hydrogens is 473 g/mol. The summed E-state index contributed by atoms with van der Waals surface area (Å²) in [6.45, 7) is 0.777. The lowest BCUT2D eigenvalue weighted by Gasteiger charge is -2.43. The molecular formula is C22H22F5N7O.